The Balaban J connectivity index is 0.958. The number of rotatable bonds is 16. The Morgan fingerprint density at radius 1 is 0.934 bits per heavy atom. The van der Waals surface area contributed by atoms with Crippen LogP contribution in [0.3, 0.4) is 0 Å². The second kappa shape index (κ2) is 19.5. The molecule has 0 saturated carbocycles. The van der Waals surface area contributed by atoms with Gasteiger partial charge in [0.25, 0.3) is 0 Å². The second-order valence-corrected chi connectivity index (χ2v) is 16.2. The molecule has 1 aliphatic rings. The zero-order chi connectivity index (χ0) is 43.7. The molecule has 18 heteroatoms. The highest BCUT2D eigenvalue weighted by Crippen LogP contribution is 2.32. The molecule has 14 nitrogen and oxygen atoms in total. The number of amides is 3. The van der Waals surface area contributed by atoms with E-state index in [2.05, 4.69) is 35.6 Å². The van der Waals surface area contributed by atoms with Crippen molar-refractivity contribution in [3.63, 3.8) is 0 Å². The third-order valence-corrected chi connectivity index (χ3v) is 10.6. The maximum absolute atomic E-state index is 13.9. The Kier molecular flexibility index (Phi) is 14.2. The lowest BCUT2D eigenvalue weighted by atomic mass is 9.85. The van der Waals surface area contributed by atoms with Crippen LogP contribution >= 0.6 is 11.3 Å². The fraction of sp³-hybridized carbons (Fsp3) is 0.349. The van der Waals surface area contributed by atoms with E-state index in [0.717, 1.165) is 21.7 Å². The van der Waals surface area contributed by atoms with Crippen molar-refractivity contribution in [1.29, 1.82) is 0 Å². The molecule has 2 aromatic heterocycles. The zero-order valence-corrected chi connectivity index (χ0v) is 34.7. The lowest BCUT2D eigenvalue weighted by Gasteiger charge is -2.35. The van der Waals surface area contributed by atoms with Gasteiger partial charge in [0.05, 0.1) is 46.4 Å². The Labute approximate surface area is 354 Å². The monoisotopic (exact) mass is 861 g/mol. The third kappa shape index (κ3) is 12.2. The molecule has 0 bridgehead atoms. The number of benzene rings is 3. The first-order valence-electron chi connectivity index (χ1n) is 19.3. The van der Waals surface area contributed by atoms with E-state index >= 15 is 0 Å². The highest BCUT2D eigenvalue weighted by Gasteiger charge is 2.44. The van der Waals surface area contributed by atoms with Crippen molar-refractivity contribution < 1.29 is 46.9 Å². The van der Waals surface area contributed by atoms with E-state index in [4.69, 9.17) is 9.47 Å². The minimum Gasteiger partial charge on any atom is -0.491 e. The Hall–Kier alpha value is -6.11. The first-order chi connectivity index (χ1) is 29.0. The summed E-state index contributed by atoms with van der Waals surface area (Å²) >= 11 is 1.56. The molecule has 5 aromatic rings. The number of nitrogens with zero attached hydrogens (tertiary/aromatic N) is 4. The molecular formula is C43H46F3N7O7S. The number of alkyl halides is 3. The van der Waals surface area contributed by atoms with Crippen LogP contribution in [0.5, 0.6) is 11.5 Å². The van der Waals surface area contributed by atoms with E-state index in [1.54, 1.807) is 68.1 Å². The topological polar surface area (TPSA) is 177 Å². The summed E-state index contributed by atoms with van der Waals surface area (Å²) in [4.78, 5) is 55.5. The summed E-state index contributed by atoms with van der Waals surface area (Å²) in [5.74, 6) is -1.24. The van der Waals surface area contributed by atoms with Gasteiger partial charge in [-0.25, -0.2) is 15.0 Å². The number of likely N-dealkylation sites (tertiary alicyclic amines) is 1. The lowest BCUT2D eigenvalue weighted by molar-refractivity contribution is -0.274. The smallest absolute Gasteiger partial charge is 0.491 e. The van der Waals surface area contributed by atoms with Crippen molar-refractivity contribution in [2.75, 3.05) is 31.7 Å². The molecule has 0 radical (unpaired) electrons. The number of carbonyl (C=O) groups is 3. The van der Waals surface area contributed by atoms with Crippen LogP contribution in [0.2, 0.25) is 0 Å². The highest BCUT2D eigenvalue weighted by atomic mass is 32.1. The van der Waals surface area contributed by atoms with Gasteiger partial charge in [0, 0.05) is 30.8 Å². The number of carbonyl (C=O) groups excluding carboxylic acids is 3. The van der Waals surface area contributed by atoms with Crippen LogP contribution in [0.15, 0.2) is 90.8 Å². The second-order valence-electron chi connectivity index (χ2n) is 15.4. The van der Waals surface area contributed by atoms with Crippen molar-refractivity contribution in [1.82, 2.24) is 30.5 Å². The molecule has 1 saturated heterocycles. The fourth-order valence-corrected chi connectivity index (χ4v) is 7.43. The number of anilines is 2. The zero-order valence-electron chi connectivity index (χ0n) is 33.9. The van der Waals surface area contributed by atoms with Crippen LogP contribution in [-0.2, 0) is 25.7 Å². The molecular weight excluding hydrogens is 816 g/mol. The molecule has 4 N–H and O–H groups in total. The molecule has 3 aromatic carbocycles. The van der Waals surface area contributed by atoms with E-state index in [9.17, 15) is 32.7 Å². The molecule has 1 unspecified atom stereocenters. The summed E-state index contributed by atoms with van der Waals surface area (Å²) in [5, 5.41) is 19.3. The molecule has 6 rings (SSSR count). The van der Waals surface area contributed by atoms with Gasteiger partial charge < -0.3 is 40.2 Å². The molecule has 3 heterocycles. The first-order valence-corrected chi connectivity index (χ1v) is 20.2. The summed E-state index contributed by atoms with van der Waals surface area (Å²) in [6.45, 7) is 7.37. The van der Waals surface area contributed by atoms with Crippen molar-refractivity contribution in [2.24, 2.45) is 5.41 Å². The standard InChI is InChI=1S/C43H46F3N7O7S/c1-26-38(61-25-50-26)29-7-5-27(6-8-29)20-48-40(56)35-19-31(54)22-53(35)41(57)39(42(2,3)4)52-36(55)23-58-17-18-59-32-13-9-28(10-14-32)37-34(21-47-24-49-37)51-30-11-15-33(16-12-30)60-43(44,45)46/h5-16,21,24-25,31,35,39,51,54H,17-20,22-23H2,1-4H3,(H,48,56)(H,52,55)/t31?,35-,39-/m0/s1. The van der Waals surface area contributed by atoms with Crippen LogP contribution in [0.1, 0.15) is 38.4 Å². The maximum Gasteiger partial charge on any atom is 0.573 e. The molecule has 61 heavy (non-hydrogen) atoms. The SMILES string of the molecule is Cc1ncsc1-c1ccc(CNC(=O)[C@@H]2CC(O)CN2C(=O)[C@H](NC(=O)COCCOc2ccc(-c3ncncc3Nc3ccc(OC(F)(F)F)cc3)cc2)C(C)(C)C)cc1. The molecule has 3 atom stereocenters. The van der Waals surface area contributed by atoms with Gasteiger partial charge in [-0.3, -0.25) is 14.4 Å². The van der Waals surface area contributed by atoms with Crippen LogP contribution in [0.4, 0.5) is 24.5 Å². The third-order valence-electron chi connectivity index (χ3n) is 9.65. The van der Waals surface area contributed by atoms with Crippen LogP contribution < -0.4 is 25.4 Å². The van der Waals surface area contributed by atoms with Gasteiger partial charge in [-0.15, -0.1) is 24.5 Å². The number of hydrogen-bond acceptors (Lipinski definition) is 12. The number of thiazole rings is 1. The Morgan fingerprint density at radius 2 is 1.62 bits per heavy atom. The van der Waals surface area contributed by atoms with Gasteiger partial charge in [0.2, 0.25) is 17.7 Å². The Bertz CT molecular complexity index is 2270. The van der Waals surface area contributed by atoms with Crippen molar-refractivity contribution in [3.05, 3.63) is 102 Å². The van der Waals surface area contributed by atoms with Gasteiger partial charge in [-0.05, 0) is 72.0 Å². The number of aryl methyl sites for hydroxylation is 1. The molecule has 0 spiro atoms. The van der Waals surface area contributed by atoms with Crippen molar-refractivity contribution >= 4 is 40.4 Å². The first kappa shape index (κ1) is 44.4. The minimum atomic E-state index is -4.79. The van der Waals surface area contributed by atoms with Gasteiger partial charge in [0.15, 0.2) is 0 Å². The average Bonchev–Trinajstić information content (AvgIpc) is 3.84. The molecule has 3 amide bonds. The van der Waals surface area contributed by atoms with Crippen molar-refractivity contribution in [3.8, 4) is 33.2 Å². The van der Waals surface area contributed by atoms with E-state index in [0.29, 0.717) is 28.4 Å². The summed E-state index contributed by atoms with van der Waals surface area (Å²) in [6.07, 6.45) is -2.70. The number of aliphatic hydroxyl groups is 1. The predicted octanol–water partition coefficient (Wildman–Crippen LogP) is 6.42. The van der Waals surface area contributed by atoms with Gasteiger partial charge in [0.1, 0.15) is 43.1 Å². The quantitative estimate of drug-likeness (QED) is 0.0806. The van der Waals surface area contributed by atoms with Crippen LogP contribution in [0, 0.1) is 12.3 Å². The van der Waals surface area contributed by atoms with Crippen molar-refractivity contribution in [2.45, 2.75) is 65.2 Å². The largest absolute Gasteiger partial charge is 0.573 e. The maximum atomic E-state index is 13.9. The predicted molar refractivity (Wildman–Crippen MR) is 222 cm³/mol. The number of halogens is 3. The average molecular weight is 862 g/mol. The summed E-state index contributed by atoms with van der Waals surface area (Å²) in [6, 6.07) is 18.1. The summed E-state index contributed by atoms with van der Waals surface area (Å²) in [7, 11) is 0. The number of aromatic nitrogens is 3. The molecule has 1 aliphatic heterocycles. The number of ether oxygens (including phenoxy) is 3. The summed E-state index contributed by atoms with van der Waals surface area (Å²) < 4.78 is 52.9. The molecule has 322 valence electrons. The van der Waals surface area contributed by atoms with Gasteiger partial charge in [-0.2, -0.15) is 0 Å². The van der Waals surface area contributed by atoms with E-state index in [1.807, 2.05) is 31.2 Å². The number of aliphatic hydroxyl groups excluding tert-OH is 1. The number of hydrogen-bond donors (Lipinski definition) is 4. The summed E-state index contributed by atoms with van der Waals surface area (Å²) in [5.41, 5.74) is 6.18. The van der Waals surface area contributed by atoms with E-state index < -0.39 is 47.7 Å². The van der Waals surface area contributed by atoms with Crippen LogP contribution in [-0.4, -0.2) is 93.6 Å². The lowest BCUT2D eigenvalue weighted by Crippen LogP contribution is -2.58. The van der Waals surface area contributed by atoms with E-state index in [-0.39, 0.29) is 45.1 Å². The number of nitrogens with one attached hydrogen (secondary N) is 3. The molecule has 0 aliphatic carbocycles. The van der Waals surface area contributed by atoms with Gasteiger partial charge in [-0.1, -0.05) is 45.0 Å². The van der Waals surface area contributed by atoms with Crippen LogP contribution in [0.25, 0.3) is 21.7 Å². The highest BCUT2D eigenvalue weighted by molar-refractivity contribution is 7.13. The minimum absolute atomic E-state index is 0.0459. The van der Waals surface area contributed by atoms with Gasteiger partial charge >= 0.3 is 6.36 Å². The Morgan fingerprint density at radius 3 is 2.28 bits per heavy atom. The van der Waals surface area contributed by atoms with E-state index in [1.165, 1.54) is 35.5 Å². The molecule has 1 fully saturated rings. The number of β-amino-alcohol motifs (C(OH)–C–C–N with tert-alkyl or cyclic N) is 1. The fourth-order valence-electron chi connectivity index (χ4n) is 6.62. The normalized spacial score (nSPS) is 15.8.